The lowest BCUT2D eigenvalue weighted by Crippen LogP contribution is -2.31. The molecule has 2 atom stereocenters. The van der Waals surface area contributed by atoms with Crippen molar-refractivity contribution < 1.29 is 0 Å². The molecule has 1 aliphatic heterocycles. The highest BCUT2D eigenvalue weighted by atomic mass is 35.5. The third-order valence-corrected chi connectivity index (χ3v) is 8.00. The van der Waals surface area contributed by atoms with Crippen molar-refractivity contribution in [3.8, 4) is 5.69 Å². The van der Waals surface area contributed by atoms with Crippen LogP contribution in [-0.2, 0) is 0 Å². The van der Waals surface area contributed by atoms with E-state index in [1.807, 2.05) is 54.7 Å². The fourth-order valence-corrected chi connectivity index (χ4v) is 5.86. The summed E-state index contributed by atoms with van der Waals surface area (Å²) in [4.78, 5) is 6.98. The van der Waals surface area contributed by atoms with Crippen LogP contribution >= 0.6 is 35.4 Å². The van der Waals surface area contributed by atoms with Crippen molar-refractivity contribution in [2.75, 3.05) is 18.4 Å². The summed E-state index contributed by atoms with van der Waals surface area (Å²) in [7, 11) is 0. The second kappa shape index (κ2) is 11.1. The Hall–Kier alpha value is -3.06. The standard InChI is InChI=1S/C29H29Cl2N5S/c1-19-18-22(20(2)36(19)25-14-8-12-23(30)26(25)31)28-27(24-13-6-7-15-33-24)34-29(37)35(28)17-9-16-32-21-10-4-3-5-11-21/h3-8,10-15,18,27-28,32H,9,16-17H2,1-2H3,(H,34,37)/t27-,28+/m1/s1. The SMILES string of the molecule is Cc1cc([C@H]2[C@@H](c3ccccn3)NC(=S)N2CCCNc2ccccc2)c(C)n1-c1cccc(Cl)c1Cl. The van der Waals surface area contributed by atoms with Crippen molar-refractivity contribution >= 4 is 46.2 Å². The predicted octanol–water partition coefficient (Wildman–Crippen LogP) is 7.27. The van der Waals surface area contributed by atoms with E-state index in [9.17, 15) is 0 Å². The lowest BCUT2D eigenvalue weighted by molar-refractivity contribution is 0.315. The predicted molar refractivity (Wildman–Crippen MR) is 157 cm³/mol. The van der Waals surface area contributed by atoms with Crippen molar-refractivity contribution in [3.63, 3.8) is 0 Å². The number of nitrogens with zero attached hydrogens (tertiary/aromatic N) is 3. The van der Waals surface area contributed by atoms with Gasteiger partial charge in [0.15, 0.2) is 5.11 Å². The summed E-state index contributed by atoms with van der Waals surface area (Å²) in [6.07, 6.45) is 2.76. The van der Waals surface area contributed by atoms with Gasteiger partial charge in [0.2, 0.25) is 0 Å². The van der Waals surface area contributed by atoms with Gasteiger partial charge in [-0.05, 0) is 80.5 Å². The highest BCUT2D eigenvalue weighted by Gasteiger charge is 2.41. The maximum Gasteiger partial charge on any atom is 0.170 e. The van der Waals surface area contributed by atoms with Crippen LogP contribution in [0, 0.1) is 13.8 Å². The molecule has 0 amide bonds. The molecule has 0 unspecified atom stereocenters. The van der Waals surface area contributed by atoms with Gasteiger partial charge in [-0.1, -0.05) is 53.5 Å². The van der Waals surface area contributed by atoms with E-state index in [-0.39, 0.29) is 12.1 Å². The zero-order chi connectivity index (χ0) is 25.9. The van der Waals surface area contributed by atoms with Gasteiger partial charge < -0.3 is 20.1 Å². The normalized spacial score (nSPS) is 17.2. The Bertz CT molecular complexity index is 1390. The van der Waals surface area contributed by atoms with Gasteiger partial charge in [0.25, 0.3) is 0 Å². The molecule has 1 fully saturated rings. The van der Waals surface area contributed by atoms with E-state index in [0.29, 0.717) is 10.0 Å². The molecule has 0 radical (unpaired) electrons. The van der Waals surface area contributed by atoms with Crippen LogP contribution < -0.4 is 10.6 Å². The average Bonchev–Trinajstić information content (AvgIpc) is 3.39. The second-order valence-corrected chi connectivity index (χ2v) is 10.4. The fourth-order valence-electron chi connectivity index (χ4n) is 5.15. The number of hydrogen-bond donors (Lipinski definition) is 2. The van der Waals surface area contributed by atoms with Crippen LogP contribution in [0.15, 0.2) is 79.0 Å². The Morgan fingerprint density at radius 1 is 1.00 bits per heavy atom. The molecular formula is C29H29Cl2N5S. The van der Waals surface area contributed by atoms with Crippen molar-refractivity contribution in [2.45, 2.75) is 32.4 Å². The first-order chi connectivity index (χ1) is 18.0. The van der Waals surface area contributed by atoms with Crippen LogP contribution in [0.1, 0.15) is 41.1 Å². The van der Waals surface area contributed by atoms with Crippen molar-refractivity contribution in [2.24, 2.45) is 0 Å². The van der Waals surface area contributed by atoms with Crippen molar-refractivity contribution in [1.82, 2.24) is 19.8 Å². The molecule has 5 rings (SSSR count). The highest BCUT2D eigenvalue weighted by molar-refractivity contribution is 7.80. The number of thiocarbonyl (C=S) groups is 1. The van der Waals surface area contributed by atoms with Gasteiger partial charge in [0, 0.05) is 36.4 Å². The van der Waals surface area contributed by atoms with Gasteiger partial charge >= 0.3 is 0 Å². The first-order valence-corrected chi connectivity index (χ1v) is 13.5. The van der Waals surface area contributed by atoms with E-state index < -0.39 is 0 Å². The topological polar surface area (TPSA) is 45.1 Å². The van der Waals surface area contributed by atoms with E-state index >= 15 is 0 Å². The molecule has 37 heavy (non-hydrogen) atoms. The molecule has 3 heterocycles. The monoisotopic (exact) mass is 549 g/mol. The lowest BCUT2D eigenvalue weighted by Gasteiger charge is -2.28. The molecule has 1 aliphatic rings. The van der Waals surface area contributed by atoms with Crippen LogP contribution in [0.5, 0.6) is 0 Å². The Labute approximate surface area is 233 Å². The van der Waals surface area contributed by atoms with Gasteiger partial charge in [-0.2, -0.15) is 0 Å². The molecule has 2 aromatic heterocycles. The third kappa shape index (κ3) is 5.19. The summed E-state index contributed by atoms with van der Waals surface area (Å²) in [5, 5.41) is 8.89. The number of benzene rings is 2. The number of nitrogens with one attached hydrogen (secondary N) is 2. The Morgan fingerprint density at radius 3 is 2.54 bits per heavy atom. The van der Waals surface area contributed by atoms with Gasteiger partial charge in [-0.15, -0.1) is 0 Å². The number of halogens is 2. The number of aromatic nitrogens is 2. The van der Waals surface area contributed by atoms with Gasteiger partial charge in [-0.25, -0.2) is 0 Å². The Kier molecular flexibility index (Phi) is 7.70. The number of anilines is 1. The zero-order valence-electron chi connectivity index (χ0n) is 20.8. The second-order valence-electron chi connectivity index (χ2n) is 9.20. The summed E-state index contributed by atoms with van der Waals surface area (Å²) in [5.74, 6) is 0. The van der Waals surface area contributed by atoms with E-state index in [1.54, 1.807) is 0 Å². The van der Waals surface area contributed by atoms with Crippen LogP contribution in [0.2, 0.25) is 10.0 Å². The fraction of sp³-hybridized carbons (Fsp3) is 0.241. The summed E-state index contributed by atoms with van der Waals surface area (Å²) < 4.78 is 2.18. The van der Waals surface area contributed by atoms with E-state index in [1.165, 1.54) is 5.56 Å². The van der Waals surface area contributed by atoms with Crippen molar-refractivity contribution in [3.05, 3.63) is 112 Å². The largest absolute Gasteiger partial charge is 0.385 e. The molecule has 1 saturated heterocycles. The molecule has 2 aromatic carbocycles. The quantitative estimate of drug-likeness (QED) is 0.179. The van der Waals surface area contributed by atoms with Crippen LogP contribution in [-0.4, -0.2) is 32.7 Å². The molecule has 0 saturated carbocycles. The first-order valence-electron chi connectivity index (χ1n) is 12.4. The summed E-state index contributed by atoms with van der Waals surface area (Å²) >= 11 is 18.9. The molecule has 0 bridgehead atoms. The third-order valence-electron chi connectivity index (χ3n) is 6.84. The van der Waals surface area contributed by atoms with Gasteiger partial charge in [-0.3, -0.25) is 4.98 Å². The Balaban J connectivity index is 1.48. The first kappa shape index (κ1) is 25.6. The number of hydrogen-bond acceptors (Lipinski definition) is 3. The summed E-state index contributed by atoms with van der Waals surface area (Å²) in [6.45, 7) is 5.88. The Morgan fingerprint density at radius 2 is 1.78 bits per heavy atom. The number of rotatable bonds is 8. The molecular weight excluding hydrogens is 521 g/mol. The zero-order valence-corrected chi connectivity index (χ0v) is 23.1. The number of pyridine rings is 1. The van der Waals surface area contributed by atoms with Crippen LogP contribution in [0.25, 0.3) is 5.69 Å². The van der Waals surface area contributed by atoms with E-state index in [0.717, 1.165) is 53.1 Å². The summed E-state index contributed by atoms with van der Waals surface area (Å²) in [5.41, 5.74) is 6.33. The average molecular weight is 551 g/mol. The number of aryl methyl sites for hydroxylation is 1. The maximum atomic E-state index is 6.64. The summed E-state index contributed by atoms with van der Waals surface area (Å²) in [6, 6.07) is 24.2. The molecule has 190 valence electrons. The molecule has 0 spiro atoms. The van der Waals surface area contributed by atoms with Crippen LogP contribution in [0.4, 0.5) is 5.69 Å². The van der Waals surface area contributed by atoms with Crippen molar-refractivity contribution in [1.29, 1.82) is 0 Å². The molecule has 4 aromatic rings. The smallest absolute Gasteiger partial charge is 0.170 e. The molecule has 5 nitrogen and oxygen atoms in total. The van der Waals surface area contributed by atoms with Crippen LogP contribution in [0.3, 0.4) is 0 Å². The highest BCUT2D eigenvalue weighted by Crippen LogP contribution is 2.42. The minimum Gasteiger partial charge on any atom is -0.385 e. The minimum absolute atomic E-state index is 0.0166. The molecule has 2 N–H and O–H groups in total. The molecule has 0 aliphatic carbocycles. The lowest BCUT2D eigenvalue weighted by atomic mass is 9.96. The molecule has 8 heteroatoms. The van der Waals surface area contributed by atoms with Gasteiger partial charge in [0.1, 0.15) is 0 Å². The number of para-hydroxylation sites is 1. The van der Waals surface area contributed by atoms with E-state index in [4.69, 9.17) is 35.4 Å². The maximum absolute atomic E-state index is 6.64. The minimum atomic E-state index is -0.0698. The van der Waals surface area contributed by atoms with Gasteiger partial charge in [0.05, 0.1) is 33.5 Å². The van der Waals surface area contributed by atoms with E-state index in [2.05, 4.69) is 63.2 Å².